The lowest BCUT2D eigenvalue weighted by molar-refractivity contribution is 0.658. The van der Waals surface area contributed by atoms with Gasteiger partial charge in [-0.05, 0) is 44.5 Å². The summed E-state index contributed by atoms with van der Waals surface area (Å²) in [4.78, 5) is 10.8. The van der Waals surface area contributed by atoms with Crippen LogP contribution in [0.3, 0.4) is 0 Å². The zero-order valence-electron chi connectivity index (χ0n) is 12.5. The van der Waals surface area contributed by atoms with E-state index in [1.807, 2.05) is 31.2 Å². The molecule has 0 radical (unpaired) electrons. The summed E-state index contributed by atoms with van der Waals surface area (Å²) in [6.07, 6.45) is 0. The second-order valence-corrected chi connectivity index (χ2v) is 5.27. The summed E-state index contributed by atoms with van der Waals surface area (Å²) in [5.74, 6) is 0.582. The molecule has 0 unspecified atom stereocenters. The number of anilines is 2. The first kappa shape index (κ1) is 14.8. The van der Waals surface area contributed by atoms with Crippen LogP contribution in [-0.4, -0.2) is 16.0 Å². The van der Waals surface area contributed by atoms with Crippen molar-refractivity contribution >= 4 is 11.6 Å². The number of nitrogens with zero attached hydrogens (tertiary/aromatic N) is 4. The van der Waals surface area contributed by atoms with Crippen molar-refractivity contribution in [2.75, 3.05) is 10.6 Å². The van der Waals surface area contributed by atoms with Gasteiger partial charge in [-0.25, -0.2) is 9.97 Å². The highest BCUT2D eigenvalue weighted by Gasteiger charge is 2.15. The number of hydrogen-bond donors (Lipinski definition) is 1. The largest absolute Gasteiger partial charge is 0.399 e. The second-order valence-electron chi connectivity index (χ2n) is 5.27. The molecule has 0 aliphatic heterocycles. The third-order valence-corrected chi connectivity index (χ3v) is 3.17. The molecule has 0 fully saturated rings. The molecule has 5 heteroatoms. The fraction of sp³-hybridized carbons (Fsp3) is 0.312. The number of aryl methyl sites for hydroxylation is 1. The lowest BCUT2D eigenvalue weighted by Crippen LogP contribution is -2.32. The second kappa shape index (κ2) is 6.23. The maximum atomic E-state index is 9.05. The zero-order chi connectivity index (χ0) is 15.4. The van der Waals surface area contributed by atoms with Crippen LogP contribution in [0.2, 0.25) is 0 Å². The van der Waals surface area contributed by atoms with Gasteiger partial charge in [0.25, 0.3) is 0 Å². The number of benzene rings is 1. The molecule has 0 aliphatic carbocycles. The number of nitrogens with two attached hydrogens (primary N) is 1. The Kier molecular flexibility index (Phi) is 4.39. The minimum atomic E-state index is 0.218. The van der Waals surface area contributed by atoms with E-state index in [1.165, 1.54) is 0 Å². The molecule has 2 N–H and O–H groups in total. The van der Waals surface area contributed by atoms with Crippen LogP contribution in [0.15, 0.2) is 30.3 Å². The summed E-state index contributed by atoms with van der Waals surface area (Å²) in [5, 5.41) is 9.05. The van der Waals surface area contributed by atoms with Crippen LogP contribution in [0.5, 0.6) is 0 Å². The van der Waals surface area contributed by atoms with Crippen LogP contribution in [0, 0.1) is 18.3 Å². The van der Waals surface area contributed by atoms with Crippen molar-refractivity contribution in [3.8, 4) is 6.07 Å². The standard InChI is InChI=1S/C16H19N5/c1-11(2)21(10-13-4-6-14(18)7-5-13)16-19-12(3)8-15(9-17)20-16/h4-8,11H,10,18H2,1-3H3. The van der Waals surface area contributed by atoms with Crippen molar-refractivity contribution in [2.45, 2.75) is 33.4 Å². The lowest BCUT2D eigenvalue weighted by Gasteiger charge is -2.27. The van der Waals surface area contributed by atoms with E-state index in [1.54, 1.807) is 6.07 Å². The van der Waals surface area contributed by atoms with Crippen molar-refractivity contribution in [2.24, 2.45) is 0 Å². The van der Waals surface area contributed by atoms with E-state index in [9.17, 15) is 0 Å². The molecule has 1 aromatic heterocycles. The third kappa shape index (κ3) is 3.69. The number of hydrogen-bond acceptors (Lipinski definition) is 5. The number of nitrogen functional groups attached to an aromatic ring is 1. The average molecular weight is 281 g/mol. The number of nitriles is 1. The van der Waals surface area contributed by atoms with Gasteiger partial charge in [-0.3, -0.25) is 0 Å². The summed E-state index contributed by atoms with van der Waals surface area (Å²) >= 11 is 0. The van der Waals surface area contributed by atoms with E-state index < -0.39 is 0 Å². The summed E-state index contributed by atoms with van der Waals surface area (Å²) in [5.41, 5.74) is 8.76. The maximum absolute atomic E-state index is 9.05. The fourth-order valence-corrected chi connectivity index (χ4v) is 2.04. The van der Waals surface area contributed by atoms with E-state index >= 15 is 0 Å². The Morgan fingerprint density at radius 1 is 1.24 bits per heavy atom. The molecular formula is C16H19N5. The summed E-state index contributed by atoms with van der Waals surface area (Å²) in [6, 6.07) is 11.7. The molecule has 0 amide bonds. The number of aromatic nitrogens is 2. The maximum Gasteiger partial charge on any atom is 0.227 e. The molecule has 108 valence electrons. The Bertz CT molecular complexity index is 655. The van der Waals surface area contributed by atoms with Gasteiger partial charge in [0.05, 0.1) is 0 Å². The summed E-state index contributed by atoms with van der Waals surface area (Å²) < 4.78 is 0. The first-order valence-electron chi connectivity index (χ1n) is 6.86. The quantitative estimate of drug-likeness (QED) is 0.872. The van der Waals surface area contributed by atoms with E-state index in [0.717, 1.165) is 16.9 Å². The SMILES string of the molecule is Cc1cc(C#N)nc(N(Cc2ccc(N)cc2)C(C)C)n1. The van der Waals surface area contributed by atoms with Gasteiger partial charge in [-0.15, -0.1) is 0 Å². The monoisotopic (exact) mass is 281 g/mol. The highest BCUT2D eigenvalue weighted by Crippen LogP contribution is 2.17. The van der Waals surface area contributed by atoms with Gasteiger partial charge in [-0.2, -0.15) is 5.26 Å². The van der Waals surface area contributed by atoms with E-state index in [-0.39, 0.29) is 6.04 Å². The van der Waals surface area contributed by atoms with Crippen molar-refractivity contribution < 1.29 is 0 Å². The molecule has 0 saturated carbocycles. The molecule has 0 saturated heterocycles. The molecule has 2 aromatic rings. The first-order chi connectivity index (χ1) is 9.99. The summed E-state index contributed by atoms with van der Waals surface area (Å²) in [7, 11) is 0. The molecule has 0 spiro atoms. The topological polar surface area (TPSA) is 78.8 Å². The average Bonchev–Trinajstić information content (AvgIpc) is 2.45. The predicted octanol–water partition coefficient (Wildman–Crippen LogP) is 2.65. The Hall–Kier alpha value is -2.61. The van der Waals surface area contributed by atoms with Crippen LogP contribution < -0.4 is 10.6 Å². The molecule has 21 heavy (non-hydrogen) atoms. The Morgan fingerprint density at radius 2 is 1.90 bits per heavy atom. The van der Waals surface area contributed by atoms with Gasteiger partial charge in [-0.1, -0.05) is 12.1 Å². The van der Waals surface area contributed by atoms with Gasteiger partial charge in [0.2, 0.25) is 5.95 Å². The smallest absolute Gasteiger partial charge is 0.227 e. The van der Waals surface area contributed by atoms with Gasteiger partial charge in [0.15, 0.2) is 0 Å². The highest BCUT2D eigenvalue weighted by molar-refractivity contribution is 5.42. The Balaban J connectivity index is 2.33. The molecule has 2 rings (SSSR count). The van der Waals surface area contributed by atoms with E-state index in [4.69, 9.17) is 11.0 Å². The summed E-state index contributed by atoms with van der Waals surface area (Å²) in [6.45, 7) is 6.70. The molecule has 1 aromatic carbocycles. The lowest BCUT2D eigenvalue weighted by atomic mass is 10.2. The molecule has 5 nitrogen and oxygen atoms in total. The first-order valence-corrected chi connectivity index (χ1v) is 6.86. The van der Waals surface area contributed by atoms with Crippen molar-refractivity contribution in [3.63, 3.8) is 0 Å². The van der Waals surface area contributed by atoms with Gasteiger partial charge >= 0.3 is 0 Å². The normalized spacial score (nSPS) is 10.4. The van der Waals surface area contributed by atoms with Crippen LogP contribution in [-0.2, 0) is 6.54 Å². The van der Waals surface area contributed by atoms with Crippen molar-refractivity contribution in [1.82, 2.24) is 9.97 Å². The van der Waals surface area contributed by atoms with Gasteiger partial charge < -0.3 is 10.6 Å². The van der Waals surface area contributed by atoms with Crippen LogP contribution in [0.4, 0.5) is 11.6 Å². The van der Waals surface area contributed by atoms with E-state index in [2.05, 4.69) is 34.8 Å². The highest BCUT2D eigenvalue weighted by atomic mass is 15.3. The molecule has 0 bridgehead atoms. The fourth-order valence-electron chi connectivity index (χ4n) is 2.04. The van der Waals surface area contributed by atoms with Crippen molar-refractivity contribution in [3.05, 3.63) is 47.3 Å². The molecular weight excluding hydrogens is 262 g/mol. The zero-order valence-corrected chi connectivity index (χ0v) is 12.5. The Morgan fingerprint density at radius 3 is 2.48 bits per heavy atom. The van der Waals surface area contributed by atoms with Gasteiger partial charge in [0.1, 0.15) is 11.8 Å². The molecule has 1 heterocycles. The van der Waals surface area contributed by atoms with E-state index in [0.29, 0.717) is 18.2 Å². The minimum absolute atomic E-state index is 0.218. The Labute approximate surface area is 125 Å². The molecule has 0 aliphatic rings. The minimum Gasteiger partial charge on any atom is -0.399 e. The van der Waals surface area contributed by atoms with Crippen LogP contribution in [0.25, 0.3) is 0 Å². The number of rotatable bonds is 4. The van der Waals surface area contributed by atoms with Crippen LogP contribution in [0.1, 0.15) is 30.8 Å². The molecule has 0 atom stereocenters. The third-order valence-electron chi connectivity index (χ3n) is 3.17. The van der Waals surface area contributed by atoms with Crippen LogP contribution >= 0.6 is 0 Å². The van der Waals surface area contributed by atoms with Crippen molar-refractivity contribution in [1.29, 1.82) is 5.26 Å². The predicted molar refractivity (Wildman–Crippen MR) is 83.7 cm³/mol. The van der Waals surface area contributed by atoms with Gasteiger partial charge in [0, 0.05) is 24.0 Å².